The molecule has 2 nitrogen and oxygen atoms in total. The number of hydrogen-bond donors (Lipinski definition) is 0. The van der Waals surface area contributed by atoms with Crippen LogP contribution in [-0.4, -0.2) is 0 Å². The molecule has 6 aromatic carbocycles. The molecule has 1 aliphatic rings. The van der Waals surface area contributed by atoms with Crippen molar-refractivity contribution in [3.8, 4) is 0 Å². The summed E-state index contributed by atoms with van der Waals surface area (Å²) in [5, 5.41) is 5.40. The van der Waals surface area contributed by atoms with E-state index in [9.17, 15) is 0 Å². The molecule has 1 aliphatic carbocycles. The minimum Gasteiger partial charge on any atom is -0.309 e. The topological polar surface area (TPSA) is 34.1 Å². The Bertz CT molecular complexity index is 2440. The number of rotatable bonds is 8. The van der Waals surface area contributed by atoms with E-state index >= 15 is 9.13 Å². The number of benzene rings is 6. The van der Waals surface area contributed by atoms with E-state index in [0.29, 0.717) is 11.8 Å². The van der Waals surface area contributed by atoms with Gasteiger partial charge in [-0.25, -0.2) is 0 Å². The summed E-state index contributed by atoms with van der Waals surface area (Å²) in [4.78, 5) is 0. The summed E-state index contributed by atoms with van der Waals surface area (Å²) in [6, 6.07) is 47.5. The molecule has 64 heavy (non-hydrogen) atoms. The monoisotopic (exact) mass is 889 g/mol. The standard InChI is InChI=1S/C60H74O2P2/c1-41-35-53(63(61,49-23-15-19-45(37-49)57(3,4)5)50-24-16-20-46(38-50)58(6,7)8)31-33-55(41)43-27-29-44(30-28-43)56-34-32-54(36-42(56)2)64(62,51-25-17-21-47(39-51)59(9,10)11)52-26-18-22-48(40-52)60(12,13)14/h15-26,31-40,43-44H,27-30H2,1-14H3. The lowest BCUT2D eigenvalue weighted by Crippen LogP contribution is -2.28. The third-order valence-corrected chi connectivity index (χ3v) is 20.2. The molecule has 4 heteroatoms. The smallest absolute Gasteiger partial charge is 0.171 e. The lowest BCUT2D eigenvalue weighted by atomic mass is 9.74. The molecule has 0 bridgehead atoms. The van der Waals surface area contributed by atoms with Crippen LogP contribution in [0.1, 0.15) is 165 Å². The van der Waals surface area contributed by atoms with E-state index in [1.807, 2.05) is 0 Å². The Morgan fingerprint density at radius 2 is 0.578 bits per heavy atom. The molecule has 0 N–H and O–H groups in total. The Hall–Kier alpha value is -4.22. The highest BCUT2D eigenvalue weighted by molar-refractivity contribution is 7.85. The van der Waals surface area contributed by atoms with Crippen molar-refractivity contribution in [1.29, 1.82) is 0 Å². The normalized spacial score (nSPS) is 16.8. The third-order valence-electron chi connectivity index (χ3n) is 14.1. The van der Waals surface area contributed by atoms with Crippen molar-refractivity contribution in [2.24, 2.45) is 0 Å². The molecule has 0 saturated heterocycles. The van der Waals surface area contributed by atoms with Gasteiger partial charge < -0.3 is 9.13 Å². The van der Waals surface area contributed by atoms with E-state index in [0.717, 1.165) is 57.5 Å². The molecular formula is C60H74O2P2. The molecule has 0 spiro atoms. The summed E-state index contributed by atoms with van der Waals surface area (Å²) >= 11 is 0. The molecule has 336 valence electrons. The number of hydrogen-bond acceptors (Lipinski definition) is 2. The first kappa shape index (κ1) is 47.7. The van der Waals surface area contributed by atoms with Crippen LogP contribution >= 0.6 is 14.3 Å². The lowest BCUT2D eigenvalue weighted by molar-refractivity contribution is 0.394. The van der Waals surface area contributed by atoms with Gasteiger partial charge in [-0.1, -0.05) is 180 Å². The summed E-state index contributed by atoms with van der Waals surface area (Å²) < 4.78 is 32.0. The molecule has 1 fully saturated rings. The van der Waals surface area contributed by atoms with E-state index in [2.05, 4.69) is 230 Å². The zero-order chi connectivity index (χ0) is 46.6. The molecule has 0 aromatic heterocycles. The van der Waals surface area contributed by atoms with Gasteiger partial charge in [0.2, 0.25) is 0 Å². The second-order valence-corrected chi connectivity index (χ2v) is 28.6. The van der Waals surface area contributed by atoms with Gasteiger partial charge in [-0.05, 0) is 154 Å². The first-order valence-corrected chi connectivity index (χ1v) is 27.1. The lowest BCUT2D eigenvalue weighted by Gasteiger charge is -2.32. The van der Waals surface area contributed by atoms with Crippen LogP contribution in [0.3, 0.4) is 0 Å². The predicted octanol–water partition coefficient (Wildman–Crippen LogP) is 14.2. The largest absolute Gasteiger partial charge is 0.309 e. The average molecular weight is 889 g/mol. The first-order chi connectivity index (χ1) is 29.8. The van der Waals surface area contributed by atoms with Crippen LogP contribution in [0.25, 0.3) is 0 Å². The molecule has 0 radical (unpaired) electrons. The molecule has 0 unspecified atom stereocenters. The highest BCUT2D eigenvalue weighted by Gasteiger charge is 2.35. The van der Waals surface area contributed by atoms with E-state index in [1.54, 1.807) is 0 Å². The van der Waals surface area contributed by atoms with E-state index in [-0.39, 0.29) is 21.7 Å². The van der Waals surface area contributed by atoms with Crippen molar-refractivity contribution < 1.29 is 9.13 Å². The van der Waals surface area contributed by atoms with Gasteiger partial charge in [0.15, 0.2) is 14.3 Å². The summed E-state index contributed by atoms with van der Waals surface area (Å²) in [6.45, 7) is 31.1. The molecular weight excluding hydrogens is 815 g/mol. The first-order valence-electron chi connectivity index (χ1n) is 23.7. The highest BCUT2D eigenvalue weighted by Crippen LogP contribution is 2.48. The second-order valence-electron chi connectivity index (χ2n) is 23.1. The van der Waals surface area contributed by atoms with Gasteiger partial charge in [0.05, 0.1) is 0 Å². The molecule has 0 atom stereocenters. The Morgan fingerprint density at radius 3 is 0.797 bits per heavy atom. The Balaban J connectivity index is 1.18. The van der Waals surface area contributed by atoms with E-state index < -0.39 is 14.3 Å². The Morgan fingerprint density at radius 1 is 0.344 bits per heavy atom. The van der Waals surface area contributed by atoms with Crippen molar-refractivity contribution >= 4 is 46.1 Å². The second kappa shape index (κ2) is 17.5. The van der Waals surface area contributed by atoms with Crippen LogP contribution in [0.2, 0.25) is 0 Å². The Labute approximate surface area is 387 Å². The summed E-state index contributed by atoms with van der Waals surface area (Å²) in [6.07, 6.45) is 4.40. The fourth-order valence-corrected chi connectivity index (χ4v) is 15.5. The van der Waals surface area contributed by atoms with Crippen LogP contribution in [0.5, 0.6) is 0 Å². The average Bonchev–Trinajstić information content (AvgIpc) is 3.25. The summed E-state index contributed by atoms with van der Waals surface area (Å²) in [5.41, 5.74) is 9.72. The fraction of sp³-hybridized carbons (Fsp3) is 0.400. The molecule has 1 saturated carbocycles. The van der Waals surface area contributed by atoms with Gasteiger partial charge in [-0.15, -0.1) is 0 Å². The van der Waals surface area contributed by atoms with Gasteiger partial charge >= 0.3 is 0 Å². The number of aryl methyl sites for hydroxylation is 2. The van der Waals surface area contributed by atoms with E-state index in [1.165, 1.54) is 44.5 Å². The van der Waals surface area contributed by atoms with Crippen molar-refractivity contribution in [3.63, 3.8) is 0 Å². The van der Waals surface area contributed by atoms with Crippen molar-refractivity contribution in [3.05, 3.63) is 178 Å². The van der Waals surface area contributed by atoms with E-state index in [4.69, 9.17) is 0 Å². The third kappa shape index (κ3) is 9.53. The molecule has 0 heterocycles. The van der Waals surface area contributed by atoms with Crippen molar-refractivity contribution in [2.75, 3.05) is 0 Å². The van der Waals surface area contributed by atoms with Crippen LogP contribution in [-0.2, 0) is 30.8 Å². The zero-order valence-corrected chi connectivity index (χ0v) is 43.2. The van der Waals surface area contributed by atoms with Gasteiger partial charge in [0, 0.05) is 31.8 Å². The molecule has 6 aromatic rings. The Kier molecular flexibility index (Phi) is 13.1. The van der Waals surface area contributed by atoms with Gasteiger partial charge in [0.1, 0.15) is 0 Å². The SMILES string of the molecule is Cc1cc(P(=O)(c2cccc(C(C)(C)C)c2)c2cccc(C(C)(C)C)c2)ccc1C1CCC(c2ccc(P(=O)(c3cccc(C(C)(C)C)c3)c3cccc(C(C)(C)C)c3)cc2C)CC1. The van der Waals surface area contributed by atoms with Crippen LogP contribution in [0, 0.1) is 13.8 Å². The maximum atomic E-state index is 16.0. The van der Waals surface area contributed by atoms with Gasteiger partial charge in [-0.3, -0.25) is 0 Å². The molecule has 7 rings (SSSR count). The minimum absolute atomic E-state index is 0.0629. The van der Waals surface area contributed by atoms with Crippen LogP contribution in [0.15, 0.2) is 133 Å². The van der Waals surface area contributed by atoms with Crippen LogP contribution in [0.4, 0.5) is 0 Å². The van der Waals surface area contributed by atoms with Crippen molar-refractivity contribution in [1.82, 2.24) is 0 Å². The molecule has 0 aliphatic heterocycles. The predicted molar refractivity (Wildman–Crippen MR) is 280 cm³/mol. The quantitative estimate of drug-likeness (QED) is 0.143. The zero-order valence-electron chi connectivity index (χ0n) is 41.4. The van der Waals surface area contributed by atoms with Gasteiger partial charge in [-0.2, -0.15) is 0 Å². The van der Waals surface area contributed by atoms with Crippen molar-refractivity contribution in [2.45, 2.75) is 156 Å². The fourth-order valence-electron chi connectivity index (χ4n) is 9.91. The summed E-state index contributed by atoms with van der Waals surface area (Å²) in [7, 11) is -6.42. The summed E-state index contributed by atoms with van der Waals surface area (Å²) in [5.74, 6) is 0.895. The van der Waals surface area contributed by atoms with Gasteiger partial charge in [0.25, 0.3) is 0 Å². The highest BCUT2D eigenvalue weighted by atomic mass is 31.2. The maximum Gasteiger partial charge on any atom is 0.171 e. The molecule has 0 amide bonds. The maximum absolute atomic E-state index is 16.0. The van der Waals surface area contributed by atoms with Crippen LogP contribution < -0.4 is 31.8 Å². The minimum atomic E-state index is -3.21.